The number of hydrogen-bond donors (Lipinski definition) is 1. The first-order valence-electron chi connectivity index (χ1n) is 7.54. The number of nitrogens with one attached hydrogen (secondary N) is 1. The third-order valence-corrected chi connectivity index (χ3v) is 4.71. The van der Waals surface area contributed by atoms with Gasteiger partial charge in [-0.2, -0.15) is 0 Å². The molecule has 1 atom stereocenters. The lowest BCUT2D eigenvalue weighted by Crippen LogP contribution is -2.45. The molecule has 0 amide bonds. The molecule has 1 aromatic rings. The first kappa shape index (κ1) is 22.0. The van der Waals surface area contributed by atoms with Crippen LogP contribution in [0.4, 0.5) is 0 Å². The highest BCUT2D eigenvalue weighted by Crippen LogP contribution is 2.34. The number of methoxy groups -OCH3 is 1. The maximum Gasteiger partial charge on any atom is 0.119 e. The molecule has 0 saturated carbocycles. The lowest BCUT2D eigenvalue weighted by Gasteiger charge is -2.36. The number of halogens is 3. The Morgan fingerprint density at radius 3 is 2.55 bits per heavy atom. The van der Waals surface area contributed by atoms with Crippen molar-refractivity contribution >= 4 is 40.7 Å². The standard InChI is InChI=1S/C16H25BrN2O.2ClH/c1-3-4-5-16(19-10-8-18-9-11-19)14-12-13(20-2)6-7-15(14)17;;/h6-7,12,16,18H,3-5,8-11H2,1-2H3;2*1H/t16-;;/m0../s1. The SMILES string of the molecule is CCCC[C@@H](c1cc(OC)ccc1Br)N1CCNCC1.Cl.Cl. The summed E-state index contributed by atoms with van der Waals surface area (Å²) >= 11 is 3.72. The molecule has 128 valence electrons. The van der Waals surface area contributed by atoms with E-state index in [0.29, 0.717) is 6.04 Å². The number of ether oxygens (including phenoxy) is 1. The Kier molecular flexibility index (Phi) is 11.5. The van der Waals surface area contributed by atoms with Crippen LogP contribution in [0.5, 0.6) is 5.75 Å². The quantitative estimate of drug-likeness (QED) is 0.745. The number of hydrogen-bond acceptors (Lipinski definition) is 3. The number of nitrogens with zero attached hydrogens (tertiary/aromatic N) is 1. The fraction of sp³-hybridized carbons (Fsp3) is 0.625. The molecule has 1 aliphatic rings. The van der Waals surface area contributed by atoms with Crippen molar-refractivity contribution in [2.45, 2.75) is 32.2 Å². The summed E-state index contributed by atoms with van der Waals surface area (Å²) in [5, 5.41) is 3.44. The third-order valence-electron chi connectivity index (χ3n) is 3.99. The Morgan fingerprint density at radius 1 is 1.27 bits per heavy atom. The van der Waals surface area contributed by atoms with Gasteiger partial charge in [0.1, 0.15) is 5.75 Å². The topological polar surface area (TPSA) is 24.5 Å². The molecule has 0 aliphatic carbocycles. The van der Waals surface area contributed by atoms with Gasteiger partial charge in [0.05, 0.1) is 7.11 Å². The second-order valence-corrected chi connectivity index (χ2v) is 6.19. The van der Waals surface area contributed by atoms with E-state index < -0.39 is 0 Å². The Morgan fingerprint density at radius 2 is 1.95 bits per heavy atom. The van der Waals surface area contributed by atoms with E-state index in [9.17, 15) is 0 Å². The molecule has 1 heterocycles. The molecule has 0 unspecified atom stereocenters. The van der Waals surface area contributed by atoms with Gasteiger partial charge in [0.2, 0.25) is 0 Å². The highest BCUT2D eigenvalue weighted by atomic mass is 79.9. The summed E-state index contributed by atoms with van der Waals surface area (Å²) in [5.74, 6) is 0.944. The van der Waals surface area contributed by atoms with Gasteiger partial charge < -0.3 is 10.1 Å². The summed E-state index contributed by atoms with van der Waals surface area (Å²) in [5.41, 5.74) is 1.36. The molecule has 0 radical (unpaired) electrons. The van der Waals surface area contributed by atoms with Gasteiger partial charge in [-0.15, -0.1) is 24.8 Å². The predicted octanol–water partition coefficient (Wildman–Crippen LogP) is 4.44. The number of rotatable bonds is 6. The van der Waals surface area contributed by atoms with Crippen LogP contribution in [-0.4, -0.2) is 38.2 Å². The van der Waals surface area contributed by atoms with E-state index in [1.165, 1.54) is 29.3 Å². The van der Waals surface area contributed by atoms with E-state index in [0.717, 1.165) is 31.9 Å². The second kappa shape index (κ2) is 11.5. The van der Waals surface area contributed by atoms with Gasteiger partial charge in [-0.3, -0.25) is 4.90 Å². The largest absolute Gasteiger partial charge is 0.497 e. The van der Waals surface area contributed by atoms with E-state index in [1.807, 2.05) is 6.07 Å². The van der Waals surface area contributed by atoms with Crippen LogP contribution >= 0.6 is 40.7 Å². The van der Waals surface area contributed by atoms with Gasteiger partial charge >= 0.3 is 0 Å². The summed E-state index contributed by atoms with van der Waals surface area (Å²) in [7, 11) is 1.74. The van der Waals surface area contributed by atoms with E-state index in [-0.39, 0.29) is 24.8 Å². The minimum absolute atomic E-state index is 0. The zero-order chi connectivity index (χ0) is 14.4. The van der Waals surface area contributed by atoms with Crippen molar-refractivity contribution in [3.63, 3.8) is 0 Å². The van der Waals surface area contributed by atoms with Gasteiger partial charge in [-0.05, 0) is 30.2 Å². The van der Waals surface area contributed by atoms with E-state index in [4.69, 9.17) is 4.74 Å². The molecule has 3 nitrogen and oxygen atoms in total. The number of benzene rings is 1. The van der Waals surface area contributed by atoms with Gasteiger partial charge in [0.25, 0.3) is 0 Å². The monoisotopic (exact) mass is 412 g/mol. The first-order valence-corrected chi connectivity index (χ1v) is 8.33. The third kappa shape index (κ3) is 5.89. The predicted molar refractivity (Wildman–Crippen MR) is 102 cm³/mol. The summed E-state index contributed by atoms with van der Waals surface area (Å²) in [6, 6.07) is 6.80. The molecular formula is C16H27BrCl2N2O. The zero-order valence-corrected chi connectivity index (χ0v) is 16.5. The highest BCUT2D eigenvalue weighted by molar-refractivity contribution is 9.10. The average molecular weight is 414 g/mol. The van der Waals surface area contributed by atoms with E-state index in [1.54, 1.807) is 7.11 Å². The van der Waals surface area contributed by atoms with Crippen LogP contribution in [0.2, 0.25) is 0 Å². The molecule has 2 rings (SSSR count). The molecule has 1 N–H and O–H groups in total. The van der Waals surface area contributed by atoms with Crippen molar-refractivity contribution in [2.75, 3.05) is 33.3 Å². The van der Waals surface area contributed by atoms with Gasteiger partial charge in [-0.1, -0.05) is 35.7 Å². The van der Waals surface area contributed by atoms with Crippen molar-refractivity contribution in [1.82, 2.24) is 10.2 Å². The van der Waals surface area contributed by atoms with Crippen LogP contribution in [0.1, 0.15) is 37.8 Å². The molecule has 1 saturated heterocycles. The minimum atomic E-state index is 0. The van der Waals surface area contributed by atoms with Crippen molar-refractivity contribution in [2.24, 2.45) is 0 Å². The summed E-state index contributed by atoms with van der Waals surface area (Å²) in [6.45, 7) is 6.68. The van der Waals surface area contributed by atoms with Crippen molar-refractivity contribution < 1.29 is 4.74 Å². The Bertz CT molecular complexity index is 429. The minimum Gasteiger partial charge on any atom is -0.497 e. The fourth-order valence-corrected chi connectivity index (χ4v) is 3.34. The maximum absolute atomic E-state index is 5.40. The van der Waals surface area contributed by atoms with E-state index >= 15 is 0 Å². The van der Waals surface area contributed by atoms with Crippen LogP contribution in [0.25, 0.3) is 0 Å². The fourth-order valence-electron chi connectivity index (χ4n) is 2.83. The molecule has 1 aromatic carbocycles. The summed E-state index contributed by atoms with van der Waals surface area (Å²) in [6.07, 6.45) is 3.71. The Balaban J connectivity index is 0.00000220. The molecule has 1 fully saturated rings. The normalized spacial score (nSPS) is 16.3. The highest BCUT2D eigenvalue weighted by Gasteiger charge is 2.23. The molecular weight excluding hydrogens is 387 g/mol. The van der Waals surface area contributed by atoms with Gasteiger partial charge in [0.15, 0.2) is 0 Å². The van der Waals surface area contributed by atoms with Crippen molar-refractivity contribution in [1.29, 1.82) is 0 Å². The molecule has 0 bridgehead atoms. The summed E-state index contributed by atoms with van der Waals surface area (Å²) < 4.78 is 6.59. The summed E-state index contributed by atoms with van der Waals surface area (Å²) in [4.78, 5) is 2.60. The van der Waals surface area contributed by atoms with Crippen molar-refractivity contribution in [3.05, 3.63) is 28.2 Å². The molecule has 0 spiro atoms. The van der Waals surface area contributed by atoms with Crippen LogP contribution in [0, 0.1) is 0 Å². The Labute approximate surface area is 155 Å². The Hall–Kier alpha value is -0.000000000000000222. The second-order valence-electron chi connectivity index (χ2n) is 5.33. The van der Waals surface area contributed by atoms with Crippen LogP contribution in [-0.2, 0) is 0 Å². The van der Waals surface area contributed by atoms with Crippen LogP contribution < -0.4 is 10.1 Å². The van der Waals surface area contributed by atoms with E-state index in [2.05, 4.69) is 45.2 Å². The lowest BCUT2D eigenvalue weighted by molar-refractivity contribution is 0.162. The van der Waals surface area contributed by atoms with Crippen LogP contribution in [0.3, 0.4) is 0 Å². The van der Waals surface area contributed by atoms with Gasteiger partial charge in [0, 0.05) is 36.7 Å². The molecule has 6 heteroatoms. The first-order chi connectivity index (χ1) is 9.76. The number of unbranched alkanes of at least 4 members (excludes halogenated alkanes) is 1. The molecule has 0 aromatic heterocycles. The van der Waals surface area contributed by atoms with Gasteiger partial charge in [-0.25, -0.2) is 0 Å². The molecule has 22 heavy (non-hydrogen) atoms. The van der Waals surface area contributed by atoms with Crippen molar-refractivity contribution in [3.8, 4) is 5.75 Å². The zero-order valence-electron chi connectivity index (χ0n) is 13.3. The smallest absolute Gasteiger partial charge is 0.119 e. The van der Waals surface area contributed by atoms with Crippen LogP contribution in [0.15, 0.2) is 22.7 Å². The molecule has 1 aliphatic heterocycles. The average Bonchev–Trinajstić information content (AvgIpc) is 2.50. The maximum atomic E-state index is 5.40. The number of piperazine rings is 1. The lowest BCUT2D eigenvalue weighted by atomic mass is 9.98.